The van der Waals surface area contributed by atoms with Crippen LogP contribution >= 0.6 is 0 Å². The summed E-state index contributed by atoms with van der Waals surface area (Å²) in [5.74, 6) is -0.311. The van der Waals surface area contributed by atoms with Gasteiger partial charge in [0.15, 0.2) is 11.4 Å². The molecule has 0 aliphatic heterocycles. The Hall–Kier alpha value is -4.26. The topological polar surface area (TPSA) is 88.5 Å². The zero-order chi connectivity index (χ0) is 23.8. The summed E-state index contributed by atoms with van der Waals surface area (Å²) in [4.78, 5) is 28.5. The van der Waals surface area contributed by atoms with E-state index in [2.05, 4.69) is 27.5 Å². The van der Waals surface area contributed by atoms with Crippen LogP contribution in [-0.2, 0) is 17.4 Å². The van der Waals surface area contributed by atoms with Gasteiger partial charge in [-0.3, -0.25) is 9.59 Å². The number of carbonyl (C=O) groups excluding carboxylic acids is 1. The van der Waals surface area contributed by atoms with Crippen LogP contribution in [0, 0.1) is 19.1 Å². The van der Waals surface area contributed by atoms with E-state index in [1.807, 2.05) is 0 Å². The Labute approximate surface area is 185 Å². The van der Waals surface area contributed by atoms with Gasteiger partial charge in [0, 0.05) is 11.3 Å². The molecule has 2 heterocycles. The lowest BCUT2D eigenvalue weighted by Gasteiger charge is -2.10. The number of nitrogens with zero attached hydrogens (tertiary/aromatic N) is 2. The van der Waals surface area contributed by atoms with Crippen LogP contribution in [0.2, 0.25) is 0 Å². The second-order valence-electron chi connectivity index (χ2n) is 7.16. The Balaban J connectivity index is 1.79. The van der Waals surface area contributed by atoms with Crippen LogP contribution in [-0.4, -0.2) is 27.6 Å². The number of nitrogens with one attached hydrogen (secondary N) is 2. The number of rotatable bonds is 5. The molecule has 2 N–H and O–H groups in total. The van der Waals surface area contributed by atoms with Gasteiger partial charge in [-0.25, -0.2) is 0 Å². The highest BCUT2D eigenvalue weighted by molar-refractivity contribution is 5.93. The Bertz CT molecular complexity index is 1390. The fourth-order valence-corrected chi connectivity index (χ4v) is 3.50. The number of benzene rings is 1. The maximum atomic E-state index is 13.8. The summed E-state index contributed by atoms with van der Waals surface area (Å²) in [6.45, 7) is 1.52. The molecule has 0 aliphatic rings. The number of aromatic amines is 1. The third-order valence-corrected chi connectivity index (χ3v) is 5.00. The molecule has 2 aromatic carbocycles. The van der Waals surface area contributed by atoms with Gasteiger partial charge in [0.2, 0.25) is 5.91 Å². The van der Waals surface area contributed by atoms with E-state index < -0.39 is 23.3 Å². The fraction of sp³-hybridized carbons (Fsp3) is 0.174. The average Bonchev–Trinajstić information content (AvgIpc) is 3.17. The molecule has 10 heteroatoms. The number of amides is 1. The van der Waals surface area contributed by atoms with E-state index in [-0.39, 0.29) is 40.2 Å². The number of alkyl halides is 3. The van der Waals surface area contributed by atoms with Crippen molar-refractivity contribution >= 4 is 17.2 Å². The van der Waals surface area contributed by atoms with Crippen LogP contribution in [0.1, 0.15) is 17.0 Å². The van der Waals surface area contributed by atoms with Gasteiger partial charge in [-0.05, 0) is 30.7 Å². The minimum absolute atomic E-state index is 0.0127. The number of carbonyl (C=O) groups is 1. The van der Waals surface area contributed by atoms with Crippen LogP contribution < -0.4 is 15.6 Å². The molecule has 0 saturated carbocycles. The maximum Gasteiger partial charge on any atom is 0.435 e. The maximum absolute atomic E-state index is 13.8. The number of aromatic nitrogens is 3. The van der Waals surface area contributed by atoms with Crippen molar-refractivity contribution in [3.63, 3.8) is 0 Å². The van der Waals surface area contributed by atoms with Crippen LogP contribution in [0.15, 0.2) is 47.3 Å². The Morgan fingerprint density at radius 2 is 1.97 bits per heavy atom. The largest absolute Gasteiger partial charge is 0.487 e. The summed E-state index contributed by atoms with van der Waals surface area (Å²) in [5, 5.41) is 6.17. The summed E-state index contributed by atoms with van der Waals surface area (Å²) in [6.07, 6.45) is -5.18. The SMILES string of the molecule is COc1c#cccc1NC(=O)Cc1c(C)[nH]c2c(-c3ccccc3)c(C(F)(F)F)nn2c1=O. The predicted octanol–water partition coefficient (Wildman–Crippen LogP) is 3.81. The van der Waals surface area contributed by atoms with Gasteiger partial charge in [-0.1, -0.05) is 36.4 Å². The van der Waals surface area contributed by atoms with Crippen LogP contribution in [0.3, 0.4) is 0 Å². The van der Waals surface area contributed by atoms with E-state index in [0.717, 1.165) is 0 Å². The quantitative estimate of drug-likeness (QED) is 0.480. The Morgan fingerprint density at radius 3 is 2.64 bits per heavy atom. The lowest BCUT2D eigenvalue weighted by molar-refractivity contribution is -0.140. The molecular weight excluding hydrogens is 437 g/mol. The fourth-order valence-electron chi connectivity index (χ4n) is 3.50. The molecule has 0 saturated heterocycles. The number of methoxy groups -OCH3 is 1. The monoisotopic (exact) mass is 454 g/mol. The molecule has 0 fully saturated rings. The molecule has 0 atom stereocenters. The first kappa shape index (κ1) is 22.0. The third-order valence-electron chi connectivity index (χ3n) is 5.00. The predicted molar refractivity (Wildman–Crippen MR) is 114 cm³/mol. The highest BCUT2D eigenvalue weighted by atomic mass is 19.4. The number of H-pyrrole nitrogens is 1. The molecule has 0 unspecified atom stereocenters. The Kier molecular flexibility index (Phi) is 5.55. The van der Waals surface area contributed by atoms with Gasteiger partial charge in [0.25, 0.3) is 5.56 Å². The van der Waals surface area contributed by atoms with Crippen molar-refractivity contribution in [3.05, 3.63) is 81.9 Å². The number of ether oxygens (including phenoxy) is 1. The van der Waals surface area contributed by atoms with Crippen LogP contribution in [0.5, 0.6) is 5.75 Å². The molecular formula is C23H17F3N4O3. The van der Waals surface area contributed by atoms with Gasteiger partial charge in [-0.2, -0.15) is 22.8 Å². The van der Waals surface area contributed by atoms with E-state index in [0.29, 0.717) is 10.2 Å². The van der Waals surface area contributed by atoms with Crippen molar-refractivity contribution in [3.8, 4) is 16.9 Å². The van der Waals surface area contributed by atoms with E-state index >= 15 is 0 Å². The van der Waals surface area contributed by atoms with Gasteiger partial charge >= 0.3 is 6.18 Å². The van der Waals surface area contributed by atoms with Crippen molar-refractivity contribution in [1.82, 2.24) is 14.6 Å². The lowest BCUT2D eigenvalue weighted by atomic mass is 10.1. The molecule has 2 aromatic heterocycles. The smallest absolute Gasteiger partial charge is 0.435 e. The molecule has 0 bridgehead atoms. The van der Waals surface area contributed by atoms with Crippen molar-refractivity contribution in [2.24, 2.45) is 0 Å². The molecule has 33 heavy (non-hydrogen) atoms. The summed E-state index contributed by atoms with van der Waals surface area (Å²) in [6, 6.07) is 16.3. The number of hydrogen-bond acceptors (Lipinski definition) is 4. The van der Waals surface area contributed by atoms with Crippen molar-refractivity contribution in [2.75, 3.05) is 12.4 Å². The normalized spacial score (nSPS) is 11.3. The van der Waals surface area contributed by atoms with Gasteiger partial charge in [0.1, 0.15) is 5.65 Å². The Morgan fingerprint density at radius 1 is 1.24 bits per heavy atom. The third kappa shape index (κ3) is 4.13. The van der Waals surface area contributed by atoms with E-state index in [4.69, 9.17) is 4.74 Å². The second kappa shape index (κ2) is 8.35. The van der Waals surface area contributed by atoms with Gasteiger partial charge in [0.05, 0.1) is 24.8 Å². The van der Waals surface area contributed by atoms with Gasteiger partial charge < -0.3 is 15.0 Å². The van der Waals surface area contributed by atoms with Crippen molar-refractivity contribution < 1.29 is 22.7 Å². The first-order valence-electron chi connectivity index (χ1n) is 9.74. The number of aryl methyl sites for hydroxylation is 1. The number of anilines is 1. The minimum atomic E-state index is -4.79. The summed E-state index contributed by atoms with van der Waals surface area (Å²) < 4.78 is 47.0. The molecule has 0 radical (unpaired) electrons. The molecule has 4 rings (SSSR count). The minimum Gasteiger partial charge on any atom is -0.487 e. The first-order chi connectivity index (χ1) is 15.7. The zero-order valence-electron chi connectivity index (χ0n) is 17.5. The highest BCUT2D eigenvalue weighted by Crippen LogP contribution is 2.38. The van der Waals surface area contributed by atoms with E-state index in [9.17, 15) is 22.8 Å². The second-order valence-corrected chi connectivity index (χ2v) is 7.16. The summed E-state index contributed by atoms with van der Waals surface area (Å²) in [5.41, 5.74) is -1.52. The van der Waals surface area contributed by atoms with Gasteiger partial charge in [-0.15, -0.1) is 0 Å². The number of halogens is 3. The summed E-state index contributed by atoms with van der Waals surface area (Å²) >= 11 is 0. The molecule has 0 spiro atoms. The van der Waals surface area contributed by atoms with Crippen LogP contribution in [0.25, 0.3) is 16.8 Å². The number of hydrogen-bond donors (Lipinski definition) is 2. The zero-order valence-corrected chi connectivity index (χ0v) is 17.5. The van der Waals surface area contributed by atoms with Crippen LogP contribution in [0.4, 0.5) is 18.9 Å². The molecule has 7 nitrogen and oxygen atoms in total. The summed E-state index contributed by atoms with van der Waals surface area (Å²) in [7, 11) is 1.40. The molecule has 4 aromatic rings. The highest BCUT2D eigenvalue weighted by Gasteiger charge is 2.39. The van der Waals surface area contributed by atoms with Crippen molar-refractivity contribution in [2.45, 2.75) is 19.5 Å². The first-order valence-corrected chi connectivity index (χ1v) is 9.74. The number of fused-ring (bicyclic) bond motifs is 1. The molecule has 168 valence electrons. The average molecular weight is 454 g/mol. The van der Waals surface area contributed by atoms with E-state index in [1.54, 1.807) is 24.3 Å². The standard InChI is InChI=1S/C23H17F3N4O3/c1-13-15(12-18(31)28-16-10-6-7-11-17(16)33-2)22(32)30-21(27-13)19(14-8-4-3-5-9-14)20(29-30)23(24,25)26/h3-6,8-10,27H,12H2,1-2H3,(H,28,31). The van der Waals surface area contributed by atoms with E-state index in [1.165, 1.54) is 32.2 Å². The molecule has 1 amide bonds. The lowest BCUT2D eigenvalue weighted by Crippen LogP contribution is -2.26. The van der Waals surface area contributed by atoms with Crippen molar-refractivity contribution in [1.29, 1.82) is 0 Å². The molecule has 0 aliphatic carbocycles.